The molecule has 3 aromatic rings. The predicted octanol–water partition coefficient (Wildman–Crippen LogP) is 5.85. The Balaban J connectivity index is 1.93. The van der Waals surface area contributed by atoms with Crippen LogP contribution in [0.4, 0.5) is 0 Å². The van der Waals surface area contributed by atoms with Crippen molar-refractivity contribution in [2.75, 3.05) is 13.2 Å². The van der Waals surface area contributed by atoms with Crippen molar-refractivity contribution in [2.24, 2.45) is 0 Å². The van der Waals surface area contributed by atoms with Crippen molar-refractivity contribution < 1.29 is 14.3 Å². The normalized spacial score (nSPS) is 11.5. The van der Waals surface area contributed by atoms with Gasteiger partial charge >= 0.3 is 0 Å². The van der Waals surface area contributed by atoms with Crippen molar-refractivity contribution in [3.63, 3.8) is 0 Å². The number of ether oxygens (including phenoxy) is 1. The summed E-state index contributed by atoms with van der Waals surface area (Å²) in [6, 6.07) is 21.5. The highest BCUT2D eigenvalue weighted by Crippen LogP contribution is 2.27. The quantitative estimate of drug-likeness (QED) is 0.350. The van der Waals surface area contributed by atoms with E-state index in [9.17, 15) is 9.59 Å². The molecular weight excluding hydrogens is 483 g/mol. The van der Waals surface area contributed by atoms with Gasteiger partial charge in [-0.2, -0.15) is 0 Å². The zero-order chi connectivity index (χ0) is 25.2. The average Bonchev–Trinajstić information content (AvgIpc) is 2.86. The second kappa shape index (κ2) is 13.2. The highest BCUT2D eigenvalue weighted by Gasteiger charge is 2.31. The molecule has 1 unspecified atom stereocenters. The van der Waals surface area contributed by atoms with Crippen molar-refractivity contribution >= 4 is 35.0 Å². The summed E-state index contributed by atoms with van der Waals surface area (Å²) in [5.41, 5.74) is 2.61. The lowest BCUT2D eigenvalue weighted by Crippen LogP contribution is -2.51. The minimum atomic E-state index is -0.773. The maximum Gasteiger partial charge on any atom is 0.261 e. The summed E-state index contributed by atoms with van der Waals surface area (Å²) >= 11 is 12.9. The summed E-state index contributed by atoms with van der Waals surface area (Å²) in [5.74, 6) is 0.00595. The van der Waals surface area contributed by atoms with Crippen LogP contribution >= 0.6 is 23.2 Å². The van der Waals surface area contributed by atoms with Gasteiger partial charge in [-0.05, 0) is 43.2 Å². The van der Waals surface area contributed by atoms with Crippen molar-refractivity contribution in [3.05, 3.63) is 99.5 Å². The van der Waals surface area contributed by atoms with E-state index in [0.717, 1.165) is 17.5 Å². The van der Waals surface area contributed by atoms with E-state index in [1.807, 2.05) is 68.4 Å². The third-order valence-corrected chi connectivity index (χ3v) is 6.30. The number of nitrogens with one attached hydrogen (secondary N) is 1. The molecule has 0 aliphatic rings. The summed E-state index contributed by atoms with van der Waals surface area (Å²) in [7, 11) is 0. The Hall–Kier alpha value is -3.02. The summed E-state index contributed by atoms with van der Waals surface area (Å²) < 4.78 is 5.77. The number of rotatable bonds is 11. The van der Waals surface area contributed by atoms with Gasteiger partial charge in [-0.1, -0.05) is 84.2 Å². The van der Waals surface area contributed by atoms with Gasteiger partial charge in [-0.3, -0.25) is 9.59 Å². The molecule has 0 bridgehead atoms. The van der Waals surface area contributed by atoms with Crippen LogP contribution in [0.3, 0.4) is 0 Å². The molecular formula is C28H30Cl2N2O3. The standard InChI is InChI=1S/C28H30Cl2N2O3/c1-3-16-31-28(34)26(17-21-8-5-4-6-9-21)32(18-23-24(29)10-7-11-25(23)30)27(33)19-35-22-14-12-20(2)13-15-22/h4-15,26H,3,16-19H2,1-2H3,(H,31,34). The van der Waals surface area contributed by atoms with Crippen LogP contribution in [0.2, 0.25) is 10.0 Å². The first-order valence-electron chi connectivity index (χ1n) is 11.6. The Bertz CT molecular complexity index is 1100. The topological polar surface area (TPSA) is 58.6 Å². The van der Waals surface area contributed by atoms with E-state index in [0.29, 0.717) is 34.3 Å². The first kappa shape index (κ1) is 26.6. The van der Waals surface area contributed by atoms with Crippen LogP contribution in [0.25, 0.3) is 0 Å². The van der Waals surface area contributed by atoms with E-state index in [1.54, 1.807) is 18.2 Å². The number of hydrogen-bond donors (Lipinski definition) is 1. The summed E-state index contributed by atoms with van der Waals surface area (Å²) in [6.07, 6.45) is 1.12. The van der Waals surface area contributed by atoms with Crippen molar-refractivity contribution in [3.8, 4) is 5.75 Å². The van der Waals surface area contributed by atoms with Crippen molar-refractivity contribution in [1.82, 2.24) is 10.2 Å². The minimum Gasteiger partial charge on any atom is -0.484 e. The fourth-order valence-electron chi connectivity index (χ4n) is 3.64. The second-order valence-electron chi connectivity index (χ2n) is 8.32. The molecule has 5 nitrogen and oxygen atoms in total. The van der Waals surface area contributed by atoms with E-state index in [-0.39, 0.29) is 25.0 Å². The summed E-state index contributed by atoms with van der Waals surface area (Å²) in [4.78, 5) is 28.4. The predicted molar refractivity (Wildman–Crippen MR) is 141 cm³/mol. The molecule has 0 aliphatic carbocycles. The molecule has 0 saturated heterocycles. The van der Waals surface area contributed by atoms with Gasteiger partial charge in [0, 0.05) is 35.1 Å². The molecule has 2 amide bonds. The molecule has 3 rings (SSSR count). The fourth-order valence-corrected chi connectivity index (χ4v) is 4.15. The summed E-state index contributed by atoms with van der Waals surface area (Å²) in [5, 5.41) is 3.81. The van der Waals surface area contributed by atoms with Crippen LogP contribution in [0.5, 0.6) is 5.75 Å². The van der Waals surface area contributed by atoms with Gasteiger partial charge in [0.15, 0.2) is 6.61 Å². The number of hydrogen-bond acceptors (Lipinski definition) is 3. The van der Waals surface area contributed by atoms with Crippen LogP contribution in [-0.2, 0) is 22.6 Å². The smallest absolute Gasteiger partial charge is 0.261 e. The van der Waals surface area contributed by atoms with E-state index < -0.39 is 6.04 Å². The van der Waals surface area contributed by atoms with Gasteiger partial charge in [0.25, 0.3) is 5.91 Å². The first-order chi connectivity index (χ1) is 16.9. The number of amides is 2. The molecule has 35 heavy (non-hydrogen) atoms. The van der Waals surface area contributed by atoms with E-state index in [4.69, 9.17) is 27.9 Å². The van der Waals surface area contributed by atoms with Crippen molar-refractivity contribution in [1.29, 1.82) is 0 Å². The molecule has 184 valence electrons. The van der Waals surface area contributed by atoms with Gasteiger partial charge in [-0.25, -0.2) is 0 Å². The lowest BCUT2D eigenvalue weighted by Gasteiger charge is -2.32. The van der Waals surface area contributed by atoms with Crippen LogP contribution in [0, 0.1) is 6.92 Å². The molecule has 0 aliphatic heterocycles. The van der Waals surface area contributed by atoms with E-state index in [1.165, 1.54) is 4.90 Å². The Morgan fingerprint density at radius 3 is 2.23 bits per heavy atom. The van der Waals surface area contributed by atoms with Crippen LogP contribution in [0.1, 0.15) is 30.0 Å². The molecule has 1 N–H and O–H groups in total. The van der Waals surface area contributed by atoms with Gasteiger partial charge in [0.2, 0.25) is 5.91 Å². The monoisotopic (exact) mass is 512 g/mol. The molecule has 0 spiro atoms. The Labute approximate surface area is 217 Å². The van der Waals surface area contributed by atoms with E-state index in [2.05, 4.69) is 5.32 Å². The molecule has 0 heterocycles. The molecule has 3 aromatic carbocycles. The summed E-state index contributed by atoms with van der Waals surface area (Å²) in [6.45, 7) is 4.32. The minimum absolute atomic E-state index is 0.0750. The fraction of sp³-hybridized carbons (Fsp3) is 0.286. The van der Waals surface area contributed by atoms with Gasteiger partial charge in [-0.15, -0.1) is 0 Å². The largest absolute Gasteiger partial charge is 0.484 e. The van der Waals surface area contributed by atoms with Gasteiger partial charge in [0.1, 0.15) is 11.8 Å². The van der Waals surface area contributed by atoms with Crippen LogP contribution in [0.15, 0.2) is 72.8 Å². The third kappa shape index (κ3) is 7.74. The van der Waals surface area contributed by atoms with E-state index >= 15 is 0 Å². The van der Waals surface area contributed by atoms with Gasteiger partial charge < -0.3 is 15.0 Å². The zero-order valence-corrected chi connectivity index (χ0v) is 21.5. The maximum atomic E-state index is 13.6. The SMILES string of the molecule is CCCNC(=O)C(Cc1ccccc1)N(Cc1c(Cl)cccc1Cl)C(=O)COc1ccc(C)cc1. The molecule has 0 radical (unpaired) electrons. The number of aryl methyl sites for hydroxylation is 1. The second-order valence-corrected chi connectivity index (χ2v) is 9.13. The Morgan fingerprint density at radius 2 is 1.60 bits per heavy atom. The molecule has 7 heteroatoms. The molecule has 1 atom stereocenters. The number of benzene rings is 3. The maximum absolute atomic E-state index is 13.6. The molecule has 0 aromatic heterocycles. The first-order valence-corrected chi connectivity index (χ1v) is 12.4. The highest BCUT2D eigenvalue weighted by molar-refractivity contribution is 6.36. The number of carbonyl (C=O) groups is 2. The van der Waals surface area contributed by atoms with Crippen LogP contribution < -0.4 is 10.1 Å². The molecule has 0 saturated carbocycles. The Kier molecular flexibility index (Phi) is 10.0. The number of nitrogens with zero attached hydrogens (tertiary/aromatic N) is 1. The Morgan fingerprint density at radius 1 is 0.943 bits per heavy atom. The lowest BCUT2D eigenvalue weighted by molar-refractivity contribution is -0.142. The van der Waals surface area contributed by atoms with Crippen molar-refractivity contribution in [2.45, 2.75) is 39.3 Å². The third-order valence-electron chi connectivity index (χ3n) is 5.59. The average molecular weight is 513 g/mol. The highest BCUT2D eigenvalue weighted by atomic mass is 35.5. The molecule has 0 fully saturated rings. The van der Waals surface area contributed by atoms with Gasteiger partial charge in [0.05, 0.1) is 0 Å². The number of halogens is 2. The number of carbonyl (C=O) groups excluding carboxylic acids is 2. The zero-order valence-electron chi connectivity index (χ0n) is 20.0. The van der Waals surface area contributed by atoms with Crippen LogP contribution in [-0.4, -0.2) is 35.9 Å². The lowest BCUT2D eigenvalue weighted by atomic mass is 10.0.